The number of imidazole rings is 2. The SMILES string of the molecule is COC(=O)NC(C(=O)N1CCC[C@H]1c1ncc(-c2ccc(-c3ccc(-c4cnc([C@@H]5[C@H]6CC[C@H](C6)[C@H]5C(=O)N[C@H](C(=O)NCc5cccnc5)C(C)C)[nH]4)cc3)cc2)[nH]1)C(C)C. The third-order valence-electron chi connectivity index (χ3n) is 13.1. The predicted molar refractivity (Wildman–Crippen MR) is 235 cm³/mol. The molecule has 5 aromatic rings. The van der Waals surface area contributed by atoms with Gasteiger partial charge in [0.15, 0.2) is 0 Å². The van der Waals surface area contributed by atoms with E-state index in [1.165, 1.54) is 7.11 Å². The number of H-pyrrole nitrogens is 2. The van der Waals surface area contributed by atoms with Crippen LogP contribution in [0, 0.1) is 29.6 Å². The maximum absolute atomic E-state index is 14.1. The average Bonchev–Trinajstić information content (AvgIpc) is 4.15. The molecule has 14 heteroatoms. The van der Waals surface area contributed by atoms with Gasteiger partial charge in [-0.3, -0.25) is 19.4 Å². The lowest BCUT2D eigenvalue weighted by Crippen LogP contribution is -2.52. The first-order chi connectivity index (χ1) is 30.0. The van der Waals surface area contributed by atoms with Gasteiger partial charge in [-0.25, -0.2) is 14.8 Å². The van der Waals surface area contributed by atoms with Crippen molar-refractivity contribution < 1.29 is 23.9 Å². The van der Waals surface area contributed by atoms with Crippen molar-refractivity contribution in [3.8, 4) is 33.6 Å². The lowest BCUT2D eigenvalue weighted by Gasteiger charge is -2.31. The van der Waals surface area contributed by atoms with E-state index in [-0.39, 0.29) is 53.4 Å². The molecule has 1 unspecified atom stereocenters. The number of nitrogens with one attached hydrogen (secondary N) is 5. The van der Waals surface area contributed by atoms with Crippen molar-refractivity contribution in [2.75, 3.05) is 13.7 Å². The van der Waals surface area contributed by atoms with Crippen LogP contribution in [0.25, 0.3) is 33.6 Å². The van der Waals surface area contributed by atoms with Crippen LogP contribution in [0.3, 0.4) is 0 Å². The fourth-order valence-electron chi connectivity index (χ4n) is 9.83. The van der Waals surface area contributed by atoms with E-state index in [0.29, 0.717) is 19.0 Å². The number of likely N-dealkylation sites (tertiary alicyclic amines) is 1. The Morgan fingerprint density at radius 1 is 0.758 bits per heavy atom. The minimum Gasteiger partial charge on any atom is -0.453 e. The van der Waals surface area contributed by atoms with E-state index < -0.39 is 18.2 Å². The van der Waals surface area contributed by atoms with E-state index in [9.17, 15) is 19.2 Å². The van der Waals surface area contributed by atoms with E-state index in [1.54, 1.807) is 12.4 Å². The van der Waals surface area contributed by atoms with Gasteiger partial charge in [-0.15, -0.1) is 0 Å². The molecule has 0 radical (unpaired) electrons. The maximum atomic E-state index is 14.1. The number of carbonyl (C=O) groups is 4. The Balaban J connectivity index is 0.908. The molecule has 3 fully saturated rings. The fourth-order valence-corrected chi connectivity index (χ4v) is 9.83. The van der Waals surface area contributed by atoms with E-state index in [1.807, 2.05) is 57.1 Å². The highest BCUT2D eigenvalue weighted by Gasteiger charge is 2.53. The number of aromatic nitrogens is 5. The van der Waals surface area contributed by atoms with Crippen LogP contribution >= 0.6 is 0 Å². The number of amides is 4. The monoisotopic (exact) mass is 839 g/mol. The van der Waals surface area contributed by atoms with Gasteiger partial charge in [0.05, 0.1) is 42.9 Å². The molecule has 2 bridgehead atoms. The zero-order valence-corrected chi connectivity index (χ0v) is 36.1. The van der Waals surface area contributed by atoms with Gasteiger partial charge in [-0.1, -0.05) is 82.3 Å². The van der Waals surface area contributed by atoms with Crippen molar-refractivity contribution in [3.63, 3.8) is 0 Å². The summed E-state index contributed by atoms with van der Waals surface area (Å²) in [6, 6.07) is 18.9. The highest BCUT2D eigenvalue weighted by Crippen LogP contribution is 2.56. The Kier molecular flexibility index (Phi) is 12.5. The first kappa shape index (κ1) is 42.4. The summed E-state index contributed by atoms with van der Waals surface area (Å²) < 4.78 is 4.77. The van der Waals surface area contributed by atoms with Gasteiger partial charge in [0.1, 0.15) is 23.7 Å². The van der Waals surface area contributed by atoms with Crippen LogP contribution in [-0.4, -0.2) is 79.4 Å². The molecule has 3 aliphatic rings. The summed E-state index contributed by atoms with van der Waals surface area (Å²) in [5, 5.41) is 8.83. The number of pyridine rings is 1. The van der Waals surface area contributed by atoms with Crippen molar-refractivity contribution in [1.29, 1.82) is 0 Å². The molecular formula is C48H57N9O5. The summed E-state index contributed by atoms with van der Waals surface area (Å²) in [4.78, 5) is 75.5. The number of hydrogen-bond acceptors (Lipinski definition) is 8. The topological polar surface area (TPSA) is 187 Å². The van der Waals surface area contributed by atoms with Gasteiger partial charge in [0.25, 0.3) is 0 Å². The van der Waals surface area contributed by atoms with Crippen LogP contribution in [0.15, 0.2) is 85.5 Å². The van der Waals surface area contributed by atoms with Crippen LogP contribution in [0.2, 0.25) is 0 Å². The zero-order valence-electron chi connectivity index (χ0n) is 36.1. The summed E-state index contributed by atoms with van der Waals surface area (Å²) >= 11 is 0. The fraction of sp³-hybridized carbons (Fsp3) is 0.438. The highest BCUT2D eigenvalue weighted by atomic mass is 16.5. The number of rotatable bonds is 14. The number of alkyl carbamates (subject to hydrolysis) is 1. The Morgan fingerprint density at radius 2 is 1.37 bits per heavy atom. The molecular weight excluding hydrogens is 783 g/mol. The normalized spacial score (nSPS) is 21.5. The Bertz CT molecular complexity index is 2360. The van der Waals surface area contributed by atoms with Crippen LogP contribution in [0.4, 0.5) is 4.79 Å². The van der Waals surface area contributed by atoms with Crippen LogP contribution in [-0.2, 0) is 25.7 Å². The molecule has 324 valence electrons. The first-order valence-corrected chi connectivity index (χ1v) is 21.9. The average molecular weight is 840 g/mol. The van der Waals surface area contributed by atoms with Crippen molar-refractivity contribution in [3.05, 3.63) is 103 Å². The Hall–Kier alpha value is -6.31. The van der Waals surface area contributed by atoms with Crippen molar-refractivity contribution in [2.24, 2.45) is 29.6 Å². The maximum Gasteiger partial charge on any atom is 0.407 e. The second kappa shape index (κ2) is 18.3. The van der Waals surface area contributed by atoms with Gasteiger partial charge in [-0.2, -0.15) is 0 Å². The van der Waals surface area contributed by atoms with Gasteiger partial charge in [-0.05, 0) is 89.7 Å². The number of aromatic amines is 2. The molecule has 1 saturated heterocycles. The van der Waals surface area contributed by atoms with Crippen LogP contribution < -0.4 is 16.0 Å². The molecule has 2 saturated carbocycles. The van der Waals surface area contributed by atoms with Crippen LogP contribution in [0.5, 0.6) is 0 Å². The molecule has 1 aliphatic heterocycles. The second-order valence-corrected chi connectivity index (χ2v) is 17.8. The molecule has 14 nitrogen and oxygen atoms in total. The molecule has 0 spiro atoms. The first-order valence-electron chi connectivity index (χ1n) is 21.9. The molecule has 3 aromatic heterocycles. The number of fused-ring (bicyclic) bond motifs is 2. The third kappa shape index (κ3) is 8.86. The van der Waals surface area contributed by atoms with E-state index in [0.717, 1.165) is 83.0 Å². The van der Waals surface area contributed by atoms with E-state index >= 15 is 0 Å². The smallest absolute Gasteiger partial charge is 0.407 e. The molecule has 2 aromatic carbocycles. The zero-order chi connectivity index (χ0) is 43.5. The van der Waals surface area contributed by atoms with Gasteiger partial charge >= 0.3 is 6.09 Å². The third-order valence-corrected chi connectivity index (χ3v) is 13.1. The summed E-state index contributed by atoms with van der Waals surface area (Å²) in [6.07, 6.45) is 11.2. The summed E-state index contributed by atoms with van der Waals surface area (Å²) in [7, 11) is 1.29. The summed E-state index contributed by atoms with van der Waals surface area (Å²) in [5.41, 5.74) is 6.78. The van der Waals surface area contributed by atoms with Gasteiger partial charge < -0.3 is 35.6 Å². The largest absolute Gasteiger partial charge is 0.453 e. The summed E-state index contributed by atoms with van der Waals surface area (Å²) in [5.74, 6) is 1.31. The molecule has 7 atom stereocenters. The quantitative estimate of drug-likeness (QED) is 0.0780. The Labute approximate surface area is 362 Å². The lowest BCUT2D eigenvalue weighted by atomic mass is 9.78. The lowest BCUT2D eigenvalue weighted by molar-refractivity contribution is -0.135. The predicted octanol–water partition coefficient (Wildman–Crippen LogP) is 7.16. The molecule has 62 heavy (non-hydrogen) atoms. The molecule has 4 heterocycles. The van der Waals surface area contributed by atoms with Crippen molar-refractivity contribution in [1.82, 2.24) is 45.8 Å². The minimum atomic E-state index is -0.689. The number of nitrogens with zero attached hydrogens (tertiary/aromatic N) is 4. The number of methoxy groups -OCH3 is 1. The Morgan fingerprint density at radius 3 is 1.98 bits per heavy atom. The number of carbonyl (C=O) groups excluding carboxylic acids is 4. The number of benzene rings is 2. The van der Waals surface area contributed by atoms with E-state index in [2.05, 4.69) is 79.4 Å². The van der Waals surface area contributed by atoms with Crippen LogP contribution in [0.1, 0.15) is 89.0 Å². The molecule has 2 aliphatic carbocycles. The van der Waals surface area contributed by atoms with Gasteiger partial charge in [0.2, 0.25) is 17.7 Å². The van der Waals surface area contributed by atoms with Crippen molar-refractivity contribution in [2.45, 2.75) is 90.4 Å². The number of hydrogen-bond donors (Lipinski definition) is 5. The van der Waals surface area contributed by atoms with E-state index in [4.69, 9.17) is 14.7 Å². The molecule has 8 rings (SSSR count). The minimum absolute atomic E-state index is 0.0373. The summed E-state index contributed by atoms with van der Waals surface area (Å²) in [6.45, 7) is 8.67. The standard InChI is InChI=1S/C48H57N9O5/c1-27(2)41(46(59)52-24-29-8-6-20-49-23-29)55-45(58)40-35-19-18-34(22-35)39(40)44-51-26-37(54-44)33-16-12-31(13-17-33)30-10-14-32(15-11-30)36-25-50-43(53-36)38-9-7-21-57(38)47(60)42(28(3)4)56-48(61)62-5/h6,8,10-17,20,23,25-28,34-35,38-42H,7,9,18-19,21-22,24H2,1-5H3,(H,50,53)(H,51,54)(H,52,59)(H,55,58)(H,56,61)/t34-,35+,38-,39+,40+,41-,42?/m0/s1. The molecule has 5 N–H and O–H groups in total. The number of ether oxygens (including phenoxy) is 1. The molecule has 4 amide bonds. The van der Waals surface area contributed by atoms with Gasteiger partial charge in [0, 0.05) is 31.4 Å². The highest BCUT2D eigenvalue weighted by molar-refractivity contribution is 5.89. The second-order valence-electron chi connectivity index (χ2n) is 17.8. The van der Waals surface area contributed by atoms with Crippen molar-refractivity contribution >= 4 is 23.8 Å².